The molecule has 1 saturated carbocycles. The molecule has 0 saturated heterocycles. The first-order valence-electron chi connectivity index (χ1n) is 5.83. The van der Waals surface area contributed by atoms with Crippen molar-refractivity contribution in [3.05, 3.63) is 22.8 Å². The van der Waals surface area contributed by atoms with E-state index in [2.05, 4.69) is 10.3 Å². The summed E-state index contributed by atoms with van der Waals surface area (Å²) in [6, 6.07) is 3.70. The maximum atomic E-state index is 10.9. The first-order valence-corrected chi connectivity index (χ1v) is 6.21. The molecule has 17 heavy (non-hydrogen) atoms. The van der Waals surface area contributed by atoms with Crippen LogP contribution >= 0.6 is 11.6 Å². The van der Waals surface area contributed by atoms with Crippen molar-refractivity contribution in [1.29, 1.82) is 0 Å². The number of aromatic nitrogens is 1. The molecule has 92 valence electrons. The molecule has 4 nitrogen and oxygen atoms in total. The van der Waals surface area contributed by atoms with E-state index in [9.17, 15) is 4.79 Å². The number of halogens is 1. The quantitative estimate of drug-likeness (QED) is 0.870. The van der Waals surface area contributed by atoms with Crippen molar-refractivity contribution in [3.8, 4) is 0 Å². The van der Waals surface area contributed by atoms with Crippen molar-refractivity contribution in [3.63, 3.8) is 0 Å². The Hall–Kier alpha value is -1.29. The number of aromatic carboxylic acids is 1. The lowest BCUT2D eigenvalue weighted by atomic mass is 9.95. The van der Waals surface area contributed by atoms with E-state index in [1.807, 2.05) is 0 Å². The number of nitrogens with one attached hydrogen (secondary N) is 1. The van der Waals surface area contributed by atoms with Gasteiger partial charge in [0.25, 0.3) is 0 Å². The highest BCUT2D eigenvalue weighted by atomic mass is 35.5. The Kier molecular flexibility index (Phi) is 3.84. The van der Waals surface area contributed by atoms with Crippen LogP contribution in [0.5, 0.6) is 0 Å². The van der Waals surface area contributed by atoms with Gasteiger partial charge in [-0.15, -0.1) is 0 Å². The summed E-state index contributed by atoms with van der Waals surface area (Å²) in [5, 5.41) is 12.4. The molecule has 5 heteroatoms. The highest BCUT2D eigenvalue weighted by Gasteiger charge is 2.16. The SMILES string of the molecule is O=C(O)c1nc(NC2CCCCC2)ccc1Cl. The van der Waals surface area contributed by atoms with Crippen LogP contribution in [0.25, 0.3) is 0 Å². The van der Waals surface area contributed by atoms with Gasteiger partial charge in [0.2, 0.25) is 0 Å². The van der Waals surface area contributed by atoms with Crippen LogP contribution in [0.15, 0.2) is 12.1 Å². The summed E-state index contributed by atoms with van der Waals surface area (Å²) in [7, 11) is 0. The molecule has 1 fully saturated rings. The number of anilines is 1. The van der Waals surface area contributed by atoms with E-state index >= 15 is 0 Å². The van der Waals surface area contributed by atoms with Crippen LogP contribution in [0, 0.1) is 0 Å². The average Bonchev–Trinajstić information content (AvgIpc) is 2.32. The molecule has 1 aliphatic carbocycles. The first kappa shape index (κ1) is 12.2. The fraction of sp³-hybridized carbons (Fsp3) is 0.500. The van der Waals surface area contributed by atoms with Gasteiger partial charge in [-0.05, 0) is 25.0 Å². The van der Waals surface area contributed by atoms with Gasteiger partial charge in [-0.2, -0.15) is 0 Å². The minimum atomic E-state index is -1.10. The second-order valence-electron chi connectivity index (χ2n) is 4.31. The first-order chi connectivity index (χ1) is 8.16. The Balaban J connectivity index is 2.10. The average molecular weight is 255 g/mol. The van der Waals surface area contributed by atoms with Crippen LogP contribution in [0.1, 0.15) is 42.6 Å². The number of rotatable bonds is 3. The Bertz CT molecular complexity index is 417. The maximum Gasteiger partial charge on any atom is 0.356 e. The topological polar surface area (TPSA) is 62.2 Å². The van der Waals surface area contributed by atoms with Crippen LogP contribution in [-0.2, 0) is 0 Å². The lowest BCUT2D eigenvalue weighted by molar-refractivity contribution is 0.0691. The number of carbonyl (C=O) groups is 1. The third kappa shape index (κ3) is 3.09. The summed E-state index contributed by atoms with van der Waals surface area (Å²) in [5.41, 5.74) is -0.0903. The second kappa shape index (κ2) is 5.36. The summed E-state index contributed by atoms with van der Waals surface area (Å²) in [4.78, 5) is 14.9. The number of carboxylic acids is 1. The smallest absolute Gasteiger partial charge is 0.356 e. The molecule has 0 amide bonds. The number of carboxylic acid groups (broad SMARTS) is 1. The van der Waals surface area contributed by atoms with Crippen molar-refractivity contribution in [2.24, 2.45) is 0 Å². The van der Waals surface area contributed by atoms with Gasteiger partial charge in [-0.1, -0.05) is 30.9 Å². The zero-order valence-electron chi connectivity index (χ0n) is 9.45. The van der Waals surface area contributed by atoms with Crippen LogP contribution in [-0.4, -0.2) is 22.1 Å². The number of nitrogens with zero attached hydrogens (tertiary/aromatic N) is 1. The van der Waals surface area contributed by atoms with E-state index in [1.54, 1.807) is 12.1 Å². The second-order valence-corrected chi connectivity index (χ2v) is 4.72. The molecule has 1 heterocycles. The third-order valence-electron chi connectivity index (χ3n) is 3.01. The van der Waals surface area contributed by atoms with Crippen LogP contribution < -0.4 is 5.32 Å². The zero-order chi connectivity index (χ0) is 12.3. The van der Waals surface area contributed by atoms with E-state index in [0.29, 0.717) is 11.9 Å². The monoisotopic (exact) mass is 254 g/mol. The Labute approximate surface area is 105 Å². The predicted molar refractivity (Wildman–Crippen MR) is 66.7 cm³/mol. The molecule has 0 bridgehead atoms. The van der Waals surface area contributed by atoms with Crippen LogP contribution in [0.3, 0.4) is 0 Å². The fourth-order valence-electron chi connectivity index (χ4n) is 2.13. The molecule has 0 spiro atoms. The Morgan fingerprint density at radius 2 is 2.06 bits per heavy atom. The molecule has 0 unspecified atom stereocenters. The van der Waals surface area contributed by atoms with E-state index in [4.69, 9.17) is 16.7 Å². The lowest BCUT2D eigenvalue weighted by Crippen LogP contribution is -2.23. The number of hydrogen-bond donors (Lipinski definition) is 2. The van der Waals surface area contributed by atoms with Crippen molar-refractivity contribution in [1.82, 2.24) is 4.98 Å². The summed E-state index contributed by atoms with van der Waals surface area (Å²) in [6.07, 6.45) is 5.96. The van der Waals surface area contributed by atoms with Gasteiger partial charge in [0.05, 0.1) is 5.02 Å². The van der Waals surface area contributed by atoms with E-state index < -0.39 is 5.97 Å². The van der Waals surface area contributed by atoms with Gasteiger partial charge >= 0.3 is 5.97 Å². The molecule has 2 N–H and O–H groups in total. The summed E-state index contributed by atoms with van der Waals surface area (Å²) >= 11 is 5.76. The molecule has 2 rings (SSSR count). The van der Waals surface area contributed by atoms with Gasteiger partial charge in [0, 0.05) is 6.04 Å². The number of pyridine rings is 1. The fourth-order valence-corrected chi connectivity index (χ4v) is 2.31. The minimum Gasteiger partial charge on any atom is -0.476 e. The normalized spacial score (nSPS) is 16.8. The van der Waals surface area contributed by atoms with Gasteiger partial charge in [-0.3, -0.25) is 0 Å². The molecule has 0 aromatic carbocycles. The molecular formula is C12H15ClN2O2. The number of hydrogen-bond acceptors (Lipinski definition) is 3. The third-order valence-corrected chi connectivity index (χ3v) is 3.31. The summed E-state index contributed by atoms with van der Waals surface area (Å²) in [5.74, 6) is -0.499. The standard InChI is InChI=1S/C12H15ClN2O2/c13-9-6-7-10(15-11(9)12(16)17)14-8-4-2-1-3-5-8/h6-8H,1-5H2,(H,14,15)(H,16,17). The summed E-state index contributed by atoms with van der Waals surface area (Å²) < 4.78 is 0. The van der Waals surface area contributed by atoms with Crippen molar-refractivity contribution >= 4 is 23.4 Å². The highest BCUT2D eigenvalue weighted by Crippen LogP contribution is 2.22. The van der Waals surface area contributed by atoms with E-state index in [1.165, 1.54) is 19.3 Å². The van der Waals surface area contributed by atoms with Crippen molar-refractivity contribution in [2.45, 2.75) is 38.1 Å². The maximum absolute atomic E-state index is 10.9. The van der Waals surface area contributed by atoms with Crippen LogP contribution in [0.4, 0.5) is 5.82 Å². The van der Waals surface area contributed by atoms with E-state index in [0.717, 1.165) is 12.8 Å². The molecular weight excluding hydrogens is 240 g/mol. The molecule has 1 aromatic heterocycles. The van der Waals surface area contributed by atoms with Crippen molar-refractivity contribution < 1.29 is 9.90 Å². The highest BCUT2D eigenvalue weighted by molar-refractivity contribution is 6.33. The van der Waals surface area contributed by atoms with Crippen LogP contribution in [0.2, 0.25) is 5.02 Å². The van der Waals surface area contributed by atoms with Crippen molar-refractivity contribution in [2.75, 3.05) is 5.32 Å². The largest absolute Gasteiger partial charge is 0.476 e. The Morgan fingerprint density at radius 3 is 2.71 bits per heavy atom. The lowest BCUT2D eigenvalue weighted by Gasteiger charge is -2.23. The molecule has 1 aliphatic rings. The molecule has 0 aliphatic heterocycles. The predicted octanol–water partition coefficient (Wildman–Crippen LogP) is 3.18. The Morgan fingerprint density at radius 1 is 1.35 bits per heavy atom. The van der Waals surface area contributed by atoms with Gasteiger partial charge < -0.3 is 10.4 Å². The van der Waals surface area contributed by atoms with E-state index in [-0.39, 0.29) is 10.7 Å². The molecule has 1 aromatic rings. The summed E-state index contributed by atoms with van der Waals surface area (Å²) in [6.45, 7) is 0. The van der Waals surface area contributed by atoms with Gasteiger partial charge in [0.1, 0.15) is 5.82 Å². The molecule has 0 atom stereocenters. The van der Waals surface area contributed by atoms with Gasteiger partial charge in [-0.25, -0.2) is 9.78 Å². The molecule has 0 radical (unpaired) electrons. The zero-order valence-corrected chi connectivity index (χ0v) is 10.2. The minimum absolute atomic E-state index is 0.0903. The van der Waals surface area contributed by atoms with Gasteiger partial charge in [0.15, 0.2) is 5.69 Å².